The molecule has 3 rings (SSSR count). The van der Waals surface area contributed by atoms with Crippen molar-refractivity contribution in [3.8, 4) is 22.9 Å². The number of fused-ring (bicyclic) bond motifs is 1. The number of amides is 1. The van der Waals surface area contributed by atoms with Crippen molar-refractivity contribution < 1.29 is 26.9 Å². The predicted octanol–water partition coefficient (Wildman–Crippen LogP) is 3.40. The maximum Gasteiger partial charge on any atom is 0.410 e. The zero-order chi connectivity index (χ0) is 23.5. The molecule has 32 heavy (non-hydrogen) atoms. The molecule has 2 aromatic rings. The molecule has 1 N–H and O–H groups in total. The molecule has 9 nitrogen and oxygen atoms in total. The first-order valence-corrected chi connectivity index (χ1v) is 10.9. The topological polar surface area (TPSA) is 118 Å². The van der Waals surface area contributed by atoms with Gasteiger partial charge in [-0.1, -0.05) is 0 Å². The van der Waals surface area contributed by atoms with Crippen LogP contribution in [0.15, 0.2) is 30.3 Å². The Morgan fingerprint density at radius 1 is 1.19 bits per heavy atom. The zero-order valence-corrected chi connectivity index (χ0v) is 19.2. The Labute approximate surface area is 188 Å². The van der Waals surface area contributed by atoms with Crippen LogP contribution in [0.4, 0.5) is 10.5 Å². The number of nitrogens with zero attached hydrogens (tertiary/aromatic N) is 2. The fourth-order valence-electron chi connectivity index (χ4n) is 3.45. The van der Waals surface area contributed by atoms with Crippen LogP contribution >= 0.6 is 0 Å². The Kier molecular flexibility index (Phi) is 6.91. The van der Waals surface area contributed by atoms with E-state index in [2.05, 4.69) is 15.6 Å². The first-order valence-electron chi connectivity index (χ1n) is 9.84. The number of nitriles is 1. The SMILES string of the molecule is COc1ccc(C#N)c(-c2cc(NCO[SH](=O)=O)cc3c2CN(C(=O)OC(C)(C)C)C3)c1. The summed E-state index contributed by atoms with van der Waals surface area (Å²) in [6.45, 7) is 5.80. The van der Waals surface area contributed by atoms with Gasteiger partial charge in [0, 0.05) is 17.8 Å². The van der Waals surface area contributed by atoms with E-state index in [0.29, 0.717) is 35.7 Å². The molecule has 0 atom stereocenters. The number of thiol groups is 1. The van der Waals surface area contributed by atoms with Gasteiger partial charge in [-0.25, -0.2) is 13.2 Å². The first kappa shape index (κ1) is 23.4. The molecule has 0 radical (unpaired) electrons. The maximum atomic E-state index is 12.7. The predicted molar refractivity (Wildman–Crippen MR) is 119 cm³/mol. The minimum absolute atomic E-state index is 0.240. The molecule has 0 saturated carbocycles. The van der Waals surface area contributed by atoms with Gasteiger partial charge in [0.2, 0.25) is 0 Å². The van der Waals surface area contributed by atoms with Gasteiger partial charge in [-0.3, -0.25) is 9.08 Å². The lowest BCUT2D eigenvalue weighted by molar-refractivity contribution is 0.0242. The molecule has 0 bridgehead atoms. The molecule has 0 saturated heterocycles. The summed E-state index contributed by atoms with van der Waals surface area (Å²) in [4.78, 5) is 14.2. The second kappa shape index (κ2) is 9.46. The van der Waals surface area contributed by atoms with Gasteiger partial charge >= 0.3 is 6.09 Å². The van der Waals surface area contributed by atoms with E-state index in [1.807, 2.05) is 6.07 Å². The van der Waals surface area contributed by atoms with Crippen LogP contribution in [0.5, 0.6) is 5.75 Å². The third kappa shape index (κ3) is 5.49. The molecular formula is C22H25N3O6S. The Hall–Kier alpha value is -3.29. The highest BCUT2D eigenvalue weighted by molar-refractivity contribution is 7.67. The number of carbonyl (C=O) groups is 1. The lowest BCUT2D eigenvalue weighted by Gasteiger charge is -2.24. The number of carbonyl (C=O) groups excluding carboxylic acids is 1. The molecule has 2 aromatic carbocycles. The van der Waals surface area contributed by atoms with Crippen LogP contribution in [0.3, 0.4) is 0 Å². The molecule has 0 aliphatic carbocycles. The van der Waals surface area contributed by atoms with Crippen LogP contribution in [0.1, 0.15) is 37.5 Å². The standard InChI is InChI=1S/C22H25N3O6S/c1-22(2,3)31-21(26)25-11-15-7-16(24-13-30-32(27)28)8-19(20(15)12-25)18-9-17(29-4)6-5-14(18)10-23/h5-9,24,32H,11-13H2,1-4H3. The normalized spacial score (nSPS) is 12.9. The Balaban J connectivity index is 2.05. The van der Waals surface area contributed by atoms with Crippen molar-refractivity contribution in [2.45, 2.75) is 39.5 Å². The van der Waals surface area contributed by atoms with Crippen molar-refractivity contribution in [1.82, 2.24) is 4.90 Å². The van der Waals surface area contributed by atoms with E-state index < -0.39 is 22.7 Å². The van der Waals surface area contributed by atoms with Crippen LogP contribution in [-0.2, 0) is 33.0 Å². The Morgan fingerprint density at radius 2 is 1.94 bits per heavy atom. The zero-order valence-electron chi connectivity index (χ0n) is 18.3. The summed E-state index contributed by atoms with van der Waals surface area (Å²) < 4.78 is 36.9. The Bertz CT molecular complexity index is 1140. The highest BCUT2D eigenvalue weighted by Gasteiger charge is 2.30. The van der Waals surface area contributed by atoms with Gasteiger partial charge < -0.3 is 14.8 Å². The average molecular weight is 460 g/mol. The van der Waals surface area contributed by atoms with Gasteiger partial charge in [0.05, 0.1) is 25.3 Å². The van der Waals surface area contributed by atoms with Crippen LogP contribution in [0, 0.1) is 11.3 Å². The molecule has 1 heterocycles. The summed E-state index contributed by atoms with van der Waals surface area (Å²) in [5.41, 5.74) is 3.52. The van der Waals surface area contributed by atoms with E-state index in [-0.39, 0.29) is 6.73 Å². The third-order valence-corrected chi connectivity index (χ3v) is 5.13. The minimum Gasteiger partial charge on any atom is -0.497 e. The Morgan fingerprint density at radius 3 is 2.56 bits per heavy atom. The monoisotopic (exact) mass is 459 g/mol. The summed E-state index contributed by atoms with van der Waals surface area (Å²) >= 11 is 0. The van der Waals surface area contributed by atoms with Crippen molar-refractivity contribution in [2.75, 3.05) is 19.2 Å². The average Bonchev–Trinajstić information content (AvgIpc) is 3.15. The number of anilines is 1. The van der Waals surface area contributed by atoms with E-state index in [0.717, 1.165) is 16.7 Å². The molecule has 1 amide bonds. The van der Waals surface area contributed by atoms with Gasteiger partial charge in [-0.15, -0.1) is 0 Å². The summed E-state index contributed by atoms with van der Waals surface area (Å²) in [5.74, 6) is 0.583. The van der Waals surface area contributed by atoms with Crippen molar-refractivity contribution in [3.63, 3.8) is 0 Å². The molecule has 10 heteroatoms. The van der Waals surface area contributed by atoms with Crippen LogP contribution < -0.4 is 10.1 Å². The summed E-state index contributed by atoms with van der Waals surface area (Å²) in [6, 6.07) is 11.0. The molecule has 0 aromatic heterocycles. The van der Waals surface area contributed by atoms with E-state index in [1.54, 1.807) is 57.0 Å². The van der Waals surface area contributed by atoms with Crippen LogP contribution in [-0.4, -0.2) is 38.9 Å². The number of hydrogen-bond acceptors (Lipinski definition) is 8. The smallest absolute Gasteiger partial charge is 0.410 e. The second-order valence-corrected chi connectivity index (χ2v) is 8.90. The number of benzene rings is 2. The molecule has 0 spiro atoms. The molecule has 1 aliphatic rings. The van der Waals surface area contributed by atoms with Gasteiger partial charge in [-0.05, 0) is 67.8 Å². The largest absolute Gasteiger partial charge is 0.497 e. The fraction of sp³-hybridized carbons (Fsp3) is 0.364. The van der Waals surface area contributed by atoms with Gasteiger partial charge in [0.15, 0.2) is 0 Å². The van der Waals surface area contributed by atoms with E-state index in [4.69, 9.17) is 9.47 Å². The van der Waals surface area contributed by atoms with E-state index in [9.17, 15) is 18.5 Å². The van der Waals surface area contributed by atoms with Crippen molar-refractivity contribution in [3.05, 3.63) is 47.0 Å². The quantitative estimate of drug-likeness (QED) is 0.499. The summed E-state index contributed by atoms with van der Waals surface area (Å²) in [5, 5.41) is 12.6. The maximum absolute atomic E-state index is 12.7. The van der Waals surface area contributed by atoms with Gasteiger partial charge in [0.1, 0.15) is 18.1 Å². The van der Waals surface area contributed by atoms with Crippen molar-refractivity contribution in [2.24, 2.45) is 0 Å². The number of ether oxygens (including phenoxy) is 2. The highest BCUT2D eigenvalue weighted by Crippen LogP contribution is 2.38. The van der Waals surface area contributed by atoms with Gasteiger partial charge in [0.25, 0.3) is 11.0 Å². The summed E-state index contributed by atoms with van der Waals surface area (Å²) in [7, 11) is -1.45. The first-order chi connectivity index (χ1) is 15.1. The summed E-state index contributed by atoms with van der Waals surface area (Å²) in [6.07, 6.45) is -0.438. The number of rotatable bonds is 6. The van der Waals surface area contributed by atoms with Crippen LogP contribution in [0.25, 0.3) is 11.1 Å². The highest BCUT2D eigenvalue weighted by atomic mass is 32.2. The molecular weight excluding hydrogens is 434 g/mol. The molecule has 1 aliphatic heterocycles. The van der Waals surface area contributed by atoms with Crippen LogP contribution in [0.2, 0.25) is 0 Å². The minimum atomic E-state index is -2.99. The lowest BCUT2D eigenvalue weighted by atomic mass is 9.93. The fourth-order valence-corrected chi connectivity index (χ4v) is 3.62. The molecule has 0 unspecified atom stereocenters. The van der Waals surface area contributed by atoms with E-state index >= 15 is 0 Å². The van der Waals surface area contributed by atoms with E-state index in [1.165, 1.54) is 0 Å². The second-order valence-electron chi connectivity index (χ2n) is 8.20. The lowest BCUT2D eigenvalue weighted by Crippen LogP contribution is -2.33. The number of hydrogen-bond donors (Lipinski definition) is 2. The number of methoxy groups -OCH3 is 1. The van der Waals surface area contributed by atoms with Crippen molar-refractivity contribution in [1.29, 1.82) is 5.26 Å². The molecule has 0 fully saturated rings. The number of nitrogens with one attached hydrogen (secondary N) is 1. The van der Waals surface area contributed by atoms with Crippen molar-refractivity contribution >= 4 is 22.8 Å². The molecule has 170 valence electrons. The van der Waals surface area contributed by atoms with Gasteiger partial charge in [-0.2, -0.15) is 5.26 Å². The third-order valence-electron chi connectivity index (χ3n) is 4.79.